The number of aliphatic hydroxyl groups is 2. The molecule has 2 aromatic rings. The molecular weight excluding hydrogens is 540 g/mol. The molecule has 10 nitrogen and oxygen atoms in total. The van der Waals surface area contributed by atoms with Crippen LogP contribution in [0.3, 0.4) is 0 Å². The molecule has 10 heteroatoms. The zero-order valence-electron chi connectivity index (χ0n) is 25.1. The van der Waals surface area contributed by atoms with Crippen LogP contribution in [0.1, 0.15) is 51.5 Å². The number of ether oxygens (including phenoxy) is 4. The Kier molecular flexibility index (Phi) is 9.89. The van der Waals surface area contributed by atoms with Crippen molar-refractivity contribution in [3.63, 3.8) is 0 Å². The van der Waals surface area contributed by atoms with Gasteiger partial charge in [0.2, 0.25) is 5.91 Å². The topological polar surface area (TPSA) is 136 Å². The van der Waals surface area contributed by atoms with Crippen molar-refractivity contribution in [3.05, 3.63) is 48.0 Å². The number of benzene rings is 2. The smallest absolute Gasteiger partial charge is 0.411 e. The molecule has 0 aromatic heterocycles. The van der Waals surface area contributed by atoms with Crippen LogP contribution in [-0.4, -0.2) is 62.4 Å². The minimum Gasteiger partial charge on any atom is -0.497 e. The number of fused-ring (bicyclic) bond motifs is 1. The average Bonchev–Trinajstić information content (AvgIpc) is 2.99. The van der Waals surface area contributed by atoms with Gasteiger partial charge in [-0.3, -0.25) is 10.1 Å². The molecule has 0 saturated heterocycles. The lowest BCUT2D eigenvalue weighted by Crippen LogP contribution is -2.61. The van der Waals surface area contributed by atoms with E-state index >= 15 is 0 Å². The van der Waals surface area contributed by atoms with Gasteiger partial charge in [-0.05, 0) is 49.0 Å². The number of para-hydroxylation sites is 1. The van der Waals surface area contributed by atoms with Crippen molar-refractivity contribution in [2.24, 2.45) is 22.7 Å². The summed E-state index contributed by atoms with van der Waals surface area (Å²) in [6.07, 6.45) is 0.616. The molecule has 0 spiro atoms. The largest absolute Gasteiger partial charge is 0.497 e. The number of rotatable bonds is 10. The number of carbonyl (C=O) groups is 2. The number of methoxy groups -OCH3 is 3. The van der Waals surface area contributed by atoms with Crippen LogP contribution >= 0.6 is 0 Å². The second kappa shape index (κ2) is 13.2. The fraction of sp³-hybridized carbons (Fsp3) is 0.562. The number of hydrogen-bond acceptors (Lipinski definition) is 8. The molecule has 2 aliphatic rings. The van der Waals surface area contributed by atoms with Gasteiger partial charge in [-0.1, -0.05) is 32.0 Å². The van der Waals surface area contributed by atoms with Gasteiger partial charge in [-0.25, -0.2) is 4.79 Å². The minimum atomic E-state index is -0.761. The van der Waals surface area contributed by atoms with Crippen LogP contribution in [0.25, 0.3) is 0 Å². The van der Waals surface area contributed by atoms with E-state index in [9.17, 15) is 19.8 Å². The van der Waals surface area contributed by atoms with Gasteiger partial charge < -0.3 is 34.5 Å². The highest BCUT2D eigenvalue weighted by Crippen LogP contribution is 2.61. The maximum Gasteiger partial charge on any atom is 0.411 e. The normalized spacial score (nSPS) is 28.6. The van der Waals surface area contributed by atoms with Crippen molar-refractivity contribution < 1.29 is 38.7 Å². The second-order valence-electron chi connectivity index (χ2n) is 11.9. The quantitative estimate of drug-likeness (QED) is 0.320. The molecular formula is C32H44N2O8. The molecule has 42 heavy (non-hydrogen) atoms. The zero-order chi connectivity index (χ0) is 30.5. The first-order chi connectivity index (χ1) is 20.1. The molecule has 0 radical (unpaired) electrons. The van der Waals surface area contributed by atoms with Gasteiger partial charge in [-0.15, -0.1) is 0 Å². The monoisotopic (exact) mass is 584 g/mol. The minimum absolute atomic E-state index is 0.0751. The maximum absolute atomic E-state index is 13.1. The number of anilines is 1. The van der Waals surface area contributed by atoms with Crippen LogP contribution < -0.4 is 24.8 Å². The number of aliphatic hydroxyl groups excluding tert-OH is 2. The highest BCUT2D eigenvalue weighted by Gasteiger charge is 2.60. The summed E-state index contributed by atoms with van der Waals surface area (Å²) in [5.41, 5.74) is 0.135. The molecule has 6 atom stereocenters. The van der Waals surface area contributed by atoms with E-state index in [1.54, 1.807) is 25.3 Å². The number of carbonyl (C=O) groups excluding carboxylic acids is 2. The van der Waals surface area contributed by atoms with Crippen molar-refractivity contribution in [1.82, 2.24) is 5.32 Å². The SMILES string of the molecule is COc1cc(NC(=O)OC2CCC3(C)C(CC(=O)NCc4ccccc4OC)C(O)CCC3C2(C)CO)cc(OC)c1. The Bertz CT molecular complexity index is 1230. The van der Waals surface area contributed by atoms with Gasteiger partial charge in [-0.2, -0.15) is 0 Å². The van der Waals surface area contributed by atoms with E-state index in [4.69, 9.17) is 18.9 Å². The van der Waals surface area contributed by atoms with E-state index in [1.807, 2.05) is 31.2 Å². The van der Waals surface area contributed by atoms with Crippen LogP contribution in [-0.2, 0) is 16.1 Å². The Morgan fingerprint density at radius 1 is 0.976 bits per heavy atom. The van der Waals surface area contributed by atoms with Gasteiger partial charge in [0.1, 0.15) is 23.4 Å². The highest BCUT2D eigenvalue weighted by atomic mass is 16.6. The Hall–Kier alpha value is -3.50. The first-order valence-electron chi connectivity index (χ1n) is 14.5. The summed E-state index contributed by atoms with van der Waals surface area (Å²) < 4.78 is 21.9. The Morgan fingerprint density at radius 2 is 1.67 bits per heavy atom. The lowest BCUT2D eigenvalue weighted by atomic mass is 9.46. The molecule has 0 aliphatic heterocycles. The molecule has 0 bridgehead atoms. The predicted octanol–water partition coefficient (Wildman–Crippen LogP) is 4.52. The van der Waals surface area contributed by atoms with Crippen molar-refractivity contribution in [3.8, 4) is 17.2 Å². The third-order valence-corrected chi connectivity index (χ3v) is 9.60. The average molecular weight is 585 g/mol. The lowest BCUT2D eigenvalue weighted by molar-refractivity contribution is -0.185. The van der Waals surface area contributed by atoms with Crippen LogP contribution in [0.4, 0.5) is 10.5 Å². The molecule has 2 amide bonds. The Labute approximate surface area is 247 Å². The number of amides is 2. The highest BCUT2D eigenvalue weighted by molar-refractivity contribution is 5.85. The summed E-state index contributed by atoms with van der Waals surface area (Å²) in [6.45, 7) is 4.17. The summed E-state index contributed by atoms with van der Waals surface area (Å²) in [7, 11) is 4.65. The summed E-state index contributed by atoms with van der Waals surface area (Å²) in [5.74, 6) is 1.22. The van der Waals surface area contributed by atoms with Crippen molar-refractivity contribution in [2.45, 2.75) is 64.7 Å². The molecule has 2 saturated carbocycles. The molecule has 0 heterocycles. The van der Waals surface area contributed by atoms with Gasteiger partial charge in [0.05, 0.1) is 39.7 Å². The molecule has 6 unspecified atom stereocenters. The fourth-order valence-corrected chi connectivity index (χ4v) is 7.25. The van der Waals surface area contributed by atoms with E-state index in [0.29, 0.717) is 55.2 Å². The van der Waals surface area contributed by atoms with E-state index in [-0.39, 0.29) is 30.8 Å². The summed E-state index contributed by atoms with van der Waals surface area (Å²) in [4.78, 5) is 26.2. The first kappa shape index (κ1) is 31.4. The molecule has 2 aromatic carbocycles. The van der Waals surface area contributed by atoms with Crippen molar-refractivity contribution in [2.75, 3.05) is 33.3 Å². The van der Waals surface area contributed by atoms with E-state index in [1.165, 1.54) is 14.2 Å². The summed E-state index contributed by atoms with van der Waals surface area (Å²) in [5, 5.41) is 27.6. The molecule has 2 aliphatic carbocycles. The fourth-order valence-electron chi connectivity index (χ4n) is 7.25. The maximum atomic E-state index is 13.1. The number of hydrogen-bond donors (Lipinski definition) is 4. The summed E-state index contributed by atoms with van der Waals surface area (Å²) in [6, 6.07) is 12.6. The van der Waals surface area contributed by atoms with Crippen molar-refractivity contribution >= 4 is 17.7 Å². The molecule has 4 rings (SSSR count). The second-order valence-corrected chi connectivity index (χ2v) is 11.9. The van der Waals surface area contributed by atoms with Gasteiger partial charge in [0.15, 0.2) is 0 Å². The van der Waals surface area contributed by atoms with Gasteiger partial charge >= 0.3 is 6.09 Å². The molecule has 230 valence electrons. The van der Waals surface area contributed by atoms with Crippen LogP contribution in [0.2, 0.25) is 0 Å². The Morgan fingerprint density at radius 3 is 2.31 bits per heavy atom. The van der Waals surface area contributed by atoms with E-state index in [2.05, 4.69) is 17.6 Å². The van der Waals surface area contributed by atoms with Gasteiger partial charge in [0, 0.05) is 42.1 Å². The number of nitrogens with one attached hydrogen (secondary N) is 2. The third-order valence-electron chi connectivity index (χ3n) is 9.60. The molecule has 2 fully saturated rings. The van der Waals surface area contributed by atoms with E-state index in [0.717, 1.165) is 5.56 Å². The van der Waals surface area contributed by atoms with E-state index < -0.39 is 29.1 Å². The summed E-state index contributed by atoms with van der Waals surface area (Å²) >= 11 is 0. The Balaban J connectivity index is 1.46. The van der Waals surface area contributed by atoms with Crippen molar-refractivity contribution in [1.29, 1.82) is 0 Å². The molecule has 4 N–H and O–H groups in total. The predicted molar refractivity (Wildman–Crippen MR) is 158 cm³/mol. The lowest BCUT2D eigenvalue weighted by Gasteiger charge is -2.60. The first-order valence-corrected chi connectivity index (χ1v) is 14.5. The van der Waals surface area contributed by atoms with Crippen LogP contribution in [0.5, 0.6) is 17.2 Å². The van der Waals surface area contributed by atoms with Crippen LogP contribution in [0, 0.1) is 22.7 Å². The van der Waals surface area contributed by atoms with Gasteiger partial charge in [0.25, 0.3) is 0 Å². The zero-order valence-corrected chi connectivity index (χ0v) is 25.1. The third kappa shape index (κ3) is 6.44. The standard InChI is InChI=1S/C32H44N2O8/c1-31-13-12-28(42-30(38)34-21-14-22(39-3)16-23(15-21)40-4)32(2,19-35)27(31)11-10-25(36)24(31)17-29(37)33-18-20-8-6-7-9-26(20)41-5/h6-9,14-16,24-25,27-28,35-36H,10-13,17-19H2,1-5H3,(H,33,37)(H,34,38). The van der Waals surface area contributed by atoms with Crippen LogP contribution in [0.15, 0.2) is 42.5 Å².